The van der Waals surface area contributed by atoms with Gasteiger partial charge >= 0.3 is 0 Å². The summed E-state index contributed by atoms with van der Waals surface area (Å²) in [5, 5.41) is 6.30. The number of rotatable bonds is 7. The van der Waals surface area contributed by atoms with Gasteiger partial charge in [-0.2, -0.15) is 20.1 Å². The summed E-state index contributed by atoms with van der Waals surface area (Å²) in [6, 6.07) is 5.64. The highest BCUT2D eigenvalue weighted by molar-refractivity contribution is 5.84. The lowest BCUT2D eigenvalue weighted by Gasteiger charge is -2.30. The lowest BCUT2D eigenvalue weighted by atomic mass is 10.1. The Labute approximate surface area is 190 Å². The summed E-state index contributed by atoms with van der Waals surface area (Å²) < 4.78 is 10.8. The summed E-state index contributed by atoms with van der Waals surface area (Å²) in [5.74, 6) is 3.48. The zero-order valence-electron chi connectivity index (χ0n) is 19.3. The van der Waals surface area contributed by atoms with Gasteiger partial charge in [-0.3, -0.25) is 0 Å². The van der Waals surface area contributed by atoms with Crippen molar-refractivity contribution in [2.75, 3.05) is 62.3 Å². The molecule has 0 amide bonds. The van der Waals surface area contributed by atoms with Gasteiger partial charge < -0.3 is 19.3 Å². The van der Waals surface area contributed by atoms with Crippen molar-refractivity contribution in [1.82, 2.24) is 15.0 Å². The first-order valence-corrected chi connectivity index (χ1v) is 11.4. The van der Waals surface area contributed by atoms with Crippen LogP contribution >= 0.6 is 0 Å². The standard InChI is InChI=1S/C23H33N7O2/c1-28(24-17-18-10-11-19(31-2)16-20(18)32-3)21-25-22(29-12-6-4-7-13-29)27-23(26-21)30-14-8-5-9-15-30/h10-11,16-17H,4-9,12-15H2,1-3H3/b24-17+. The van der Waals surface area contributed by atoms with Gasteiger partial charge in [-0.25, -0.2) is 5.01 Å². The predicted molar refractivity (Wildman–Crippen MR) is 127 cm³/mol. The smallest absolute Gasteiger partial charge is 0.252 e. The summed E-state index contributed by atoms with van der Waals surface area (Å²) in [4.78, 5) is 18.9. The van der Waals surface area contributed by atoms with Gasteiger partial charge in [-0.15, -0.1) is 0 Å². The molecule has 9 heteroatoms. The third-order valence-corrected chi connectivity index (χ3v) is 5.98. The monoisotopic (exact) mass is 439 g/mol. The van der Waals surface area contributed by atoms with E-state index in [0.717, 1.165) is 49.4 Å². The number of nitrogens with zero attached hydrogens (tertiary/aromatic N) is 7. The number of benzene rings is 1. The van der Waals surface area contributed by atoms with Gasteiger partial charge in [0, 0.05) is 44.9 Å². The summed E-state index contributed by atoms with van der Waals surface area (Å²) in [5.41, 5.74) is 0.849. The molecule has 0 atom stereocenters. The van der Waals surface area contributed by atoms with Gasteiger partial charge in [-0.05, 0) is 50.7 Å². The van der Waals surface area contributed by atoms with Gasteiger partial charge in [0.2, 0.25) is 11.9 Å². The molecule has 3 heterocycles. The minimum absolute atomic E-state index is 0.546. The summed E-state index contributed by atoms with van der Waals surface area (Å²) in [7, 11) is 5.14. The zero-order chi connectivity index (χ0) is 22.3. The lowest BCUT2D eigenvalue weighted by molar-refractivity contribution is 0.394. The summed E-state index contributed by atoms with van der Waals surface area (Å²) >= 11 is 0. The first-order valence-electron chi connectivity index (χ1n) is 11.4. The zero-order valence-corrected chi connectivity index (χ0v) is 19.3. The lowest BCUT2D eigenvalue weighted by Crippen LogP contribution is -2.35. The van der Waals surface area contributed by atoms with E-state index in [0.29, 0.717) is 11.7 Å². The third-order valence-electron chi connectivity index (χ3n) is 5.98. The highest BCUT2D eigenvalue weighted by Gasteiger charge is 2.21. The number of anilines is 3. The van der Waals surface area contributed by atoms with Crippen LogP contribution in [0.5, 0.6) is 11.5 Å². The van der Waals surface area contributed by atoms with E-state index in [2.05, 4.69) is 14.9 Å². The van der Waals surface area contributed by atoms with Crippen LogP contribution in [0.3, 0.4) is 0 Å². The molecule has 9 nitrogen and oxygen atoms in total. The maximum absolute atomic E-state index is 5.48. The Hall–Kier alpha value is -3.10. The molecule has 2 aromatic rings. The van der Waals surface area contributed by atoms with E-state index >= 15 is 0 Å². The molecule has 172 valence electrons. The number of aromatic nitrogens is 3. The Morgan fingerprint density at radius 2 is 1.44 bits per heavy atom. The van der Waals surface area contributed by atoms with Gasteiger partial charge in [0.1, 0.15) is 11.5 Å². The van der Waals surface area contributed by atoms with E-state index in [1.807, 2.05) is 25.2 Å². The molecule has 2 aliphatic heterocycles. The van der Waals surface area contributed by atoms with Crippen LogP contribution in [-0.4, -0.2) is 68.6 Å². The van der Waals surface area contributed by atoms with Crippen LogP contribution in [-0.2, 0) is 0 Å². The topological polar surface area (TPSA) is 79.2 Å². The molecule has 4 rings (SSSR count). The summed E-state index contributed by atoms with van der Waals surface area (Å²) in [6.07, 6.45) is 8.97. The van der Waals surface area contributed by atoms with Crippen molar-refractivity contribution in [3.05, 3.63) is 23.8 Å². The molecule has 1 aromatic heterocycles. The molecule has 1 aromatic carbocycles. The molecular formula is C23H33N7O2. The molecule has 2 saturated heterocycles. The Morgan fingerprint density at radius 1 is 0.844 bits per heavy atom. The Balaban J connectivity index is 1.61. The van der Waals surface area contributed by atoms with Crippen molar-refractivity contribution in [2.45, 2.75) is 38.5 Å². The van der Waals surface area contributed by atoms with Crippen molar-refractivity contribution in [1.29, 1.82) is 0 Å². The highest BCUT2D eigenvalue weighted by atomic mass is 16.5. The molecular weight excluding hydrogens is 406 g/mol. The average molecular weight is 440 g/mol. The number of hydrazone groups is 1. The van der Waals surface area contributed by atoms with Crippen LogP contribution in [0.25, 0.3) is 0 Å². The van der Waals surface area contributed by atoms with Gasteiger partial charge in [-0.1, -0.05) is 0 Å². The first kappa shape index (κ1) is 22.1. The van der Waals surface area contributed by atoms with E-state index in [-0.39, 0.29) is 0 Å². The number of ether oxygens (including phenoxy) is 2. The van der Waals surface area contributed by atoms with Crippen molar-refractivity contribution >= 4 is 24.1 Å². The predicted octanol–water partition coefficient (Wildman–Crippen LogP) is 3.34. The van der Waals surface area contributed by atoms with E-state index < -0.39 is 0 Å². The van der Waals surface area contributed by atoms with Crippen LogP contribution in [0.15, 0.2) is 23.3 Å². The SMILES string of the molecule is COc1ccc(/C=N/N(C)c2nc(N3CCCCC3)nc(N3CCCCC3)n2)c(OC)c1. The number of hydrogen-bond acceptors (Lipinski definition) is 9. The normalized spacial score (nSPS) is 17.0. The fraction of sp³-hybridized carbons (Fsp3) is 0.565. The second-order valence-electron chi connectivity index (χ2n) is 8.21. The minimum Gasteiger partial charge on any atom is -0.497 e. The molecule has 0 aliphatic carbocycles. The minimum atomic E-state index is 0.546. The van der Waals surface area contributed by atoms with Gasteiger partial charge in [0.05, 0.1) is 20.4 Å². The quantitative estimate of drug-likeness (QED) is 0.480. The molecule has 0 bridgehead atoms. The fourth-order valence-electron chi connectivity index (χ4n) is 4.08. The van der Waals surface area contributed by atoms with Crippen LogP contribution in [0, 0.1) is 0 Å². The highest BCUT2D eigenvalue weighted by Crippen LogP contribution is 2.25. The number of methoxy groups -OCH3 is 2. The van der Waals surface area contributed by atoms with Crippen LogP contribution in [0.2, 0.25) is 0 Å². The molecule has 0 saturated carbocycles. The first-order chi connectivity index (χ1) is 15.7. The van der Waals surface area contributed by atoms with Crippen molar-refractivity contribution in [3.63, 3.8) is 0 Å². The summed E-state index contributed by atoms with van der Waals surface area (Å²) in [6.45, 7) is 3.94. The average Bonchev–Trinajstić information content (AvgIpc) is 2.87. The second kappa shape index (κ2) is 10.5. The van der Waals surface area contributed by atoms with E-state index in [4.69, 9.17) is 24.4 Å². The van der Waals surface area contributed by atoms with E-state index in [1.165, 1.54) is 38.5 Å². The maximum atomic E-state index is 5.48. The third kappa shape index (κ3) is 5.20. The molecule has 32 heavy (non-hydrogen) atoms. The molecule has 0 unspecified atom stereocenters. The van der Waals surface area contributed by atoms with E-state index in [9.17, 15) is 0 Å². The van der Waals surface area contributed by atoms with Crippen LogP contribution < -0.4 is 24.3 Å². The van der Waals surface area contributed by atoms with Crippen molar-refractivity contribution in [2.24, 2.45) is 5.10 Å². The number of piperidine rings is 2. The second-order valence-corrected chi connectivity index (χ2v) is 8.21. The Kier molecular flexibility index (Phi) is 7.24. The Bertz CT molecular complexity index is 888. The molecule has 0 radical (unpaired) electrons. The fourth-order valence-corrected chi connectivity index (χ4v) is 4.08. The Morgan fingerprint density at radius 3 is 1.97 bits per heavy atom. The van der Waals surface area contributed by atoms with Gasteiger partial charge in [0.15, 0.2) is 0 Å². The molecule has 0 spiro atoms. The van der Waals surface area contributed by atoms with E-state index in [1.54, 1.807) is 25.4 Å². The van der Waals surface area contributed by atoms with Crippen molar-refractivity contribution < 1.29 is 9.47 Å². The molecule has 2 aliphatic rings. The largest absolute Gasteiger partial charge is 0.497 e. The molecule has 0 N–H and O–H groups in total. The van der Waals surface area contributed by atoms with Crippen LogP contribution in [0.4, 0.5) is 17.8 Å². The molecule has 2 fully saturated rings. The van der Waals surface area contributed by atoms with Gasteiger partial charge in [0.25, 0.3) is 5.95 Å². The maximum Gasteiger partial charge on any atom is 0.252 e. The van der Waals surface area contributed by atoms with Crippen LogP contribution in [0.1, 0.15) is 44.1 Å². The number of hydrogen-bond donors (Lipinski definition) is 0. The van der Waals surface area contributed by atoms with Crippen molar-refractivity contribution in [3.8, 4) is 11.5 Å².